The van der Waals surface area contributed by atoms with Gasteiger partial charge in [-0.05, 0) is 20.8 Å². The zero-order valence-corrected chi connectivity index (χ0v) is 9.68. The maximum atomic E-state index is 11.6. The van der Waals surface area contributed by atoms with E-state index in [0.717, 1.165) is 6.54 Å². The molecule has 0 heterocycles. The third-order valence-corrected chi connectivity index (χ3v) is 1.72. The minimum Gasteiger partial charge on any atom is -0.351 e. The van der Waals surface area contributed by atoms with E-state index in [4.69, 9.17) is 5.73 Å². The summed E-state index contributed by atoms with van der Waals surface area (Å²) in [7, 11) is 0. The highest BCUT2D eigenvalue weighted by molar-refractivity contribution is 5.79. The van der Waals surface area contributed by atoms with Crippen molar-refractivity contribution < 1.29 is 4.79 Å². The van der Waals surface area contributed by atoms with Crippen molar-refractivity contribution in [1.82, 2.24) is 10.6 Å². The molecular formula is C10H23N3O. The SMILES string of the molecule is CC(CNCCN)C(=O)NC(C)(C)C. The molecule has 0 aliphatic carbocycles. The molecule has 4 nitrogen and oxygen atoms in total. The lowest BCUT2D eigenvalue weighted by Gasteiger charge is -2.23. The normalized spacial score (nSPS) is 13.8. The van der Waals surface area contributed by atoms with Gasteiger partial charge in [0.25, 0.3) is 0 Å². The van der Waals surface area contributed by atoms with Gasteiger partial charge in [-0.15, -0.1) is 0 Å². The van der Waals surface area contributed by atoms with Crippen molar-refractivity contribution in [3.63, 3.8) is 0 Å². The molecule has 4 heteroatoms. The monoisotopic (exact) mass is 201 g/mol. The van der Waals surface area contributed by atoms with Crippen LogP contribution in [0, 0.1) is 5.92 Å². The first kappa shape index (κ1) is 13.4. The fraction of sp³-hybridized carbons (Fsp3) is 0.900. The smallest absolute Gasteiger partial charge is 0.224 e. The Kier molecular flexibility index (Phi) is 5.72. The van der Waals surface area contributed by atoms with E-state index in [1.54, 1.807) is 0 Å². The van der Waals surface area contributed by atoms with Gasteiger partial charge in [-0.3, -0.25) is 4.79 Å². The van der Waals surface area contributed by atoms with Crippen LogP contribution in [0.15, 0.2) is 0 Å². The lowest BCUT2D eigenvalue weighted by atomic mass is 10.1. The predicted octanol–water partition coefficient (Wildman–Crippen LogP) is 0.0855. The average molecular weight is 201 g/mol. The third kappa shape index (κ3) is 6.86. The van der Waals surface area contributed by atoms with E-state index in [1.165, 1.54) is 0 Å². The van der Waals surface area contributed by atoms with Crippen LogP contribution in [0.2, 0.25) is 0 Å². The van der Waals surface area contributed by atoms with Gasteiger partial charge >= 0.3 is 0 Å². The number of carbonyl (C=O) groups excluding carboxylic acids is 1. The minimum absolute atomic E-state index is 0.0132. The molecule has 0 saturated heterocycles. The van der Waals surface area contributed by atoms with Crippen LogP contribution < -0.4 is 16.4 Å². The molecule has 1 amide bonds. The van der Waals surface area contributed by atoms with E-state index in [1.807, 2.05) is 27.7 Å². The molecule has 0 bridgehead atoms. The van der Waals surface area contributed by atoms with Gasteiger partial charge in [0.15, 0.2) is 0 Å². The Balaban J connectivity index is 3.77. The maximum absolute atomic E-state index is 11.6. The average Bonchev–Trinajstić information content (AvgIpc) is 2.01. The zero-order chi connectivity index (χ0) is 11.2. The summed E-state index contributed by atoms with van der Waals surface area (Å²) < 4.78 is 0. The van der Waals surface area contributed by atoms with Crippen LogP contribution in [0.1, 0.15) is 27.7 Å². The van der Waals surface area contributed by atoms with Crippen molar-refractivity contribution in [2.24, 2.45) is 11.7 Å². The lowest BCUT2D eigenvalue weighted by molar-refractivity contribution is -0.125. The molecule has 84 valence electrons. The Morgan fingerprint density at radius 3 is 2.43 bits per heavy atom. The molecule has 14 heavy (non-hydrogen) atoms. The summed E-state index contributed by atoms with van der Waals surface area (Å²) in [4.78, 5) is 11.6. The lowest BCUT2D eigenvalue weighted by Crippen LogP contribution is -2.45. The maximum Gasteiger partial charge on any atom is 0.224 e. The number of rotatable bonds is 5. The minimum atomic E-state index is -0.154. The molecule has 0 radical (unpaired) electrons. The molecule has 0 aromatic heterocycles. The summed E-state index contributed by atoms with van der Waals surface area (Å²) in [5.41, 5.74) is 5.18. The number of hydrogen-bond acceptors (Lipinski definition) is 3. The molecule has 0 rings (SSSR count). The van der Waals surface area contributed by atoms with Crippen LogP contribution in [-0.2, 0) is 4.79 Å². The largest absolute Gasteiger partial charge is 0.351 e. The Morgan fingerprint density at radius 2 is 2.00 bits per heavy atom. The molecule has 0 fully saturated rings. The first-order chi connectivity index (χ1) is 6.37. The summed E-state index contributed by atoms with van der Waals surface area (Å²) >= 11 is 0. The van der Waals surface area contributed by atoms with Gasteiger partial charge in [-0.2, -0.15) is 0 Å². The van der Waals surface area contributed by atoms with Gasteiger partial charge in [-0.1, -0.05) is 6.92 Å². The van der Waals surface area contributed by atoms with Gasteiger partial charge in [-0.25, -0.2) is 0 Å². The van der Waals surface area contributed by atoms with E-state index in [2.05, 4.69) is 10.6 Å². The summed E-state index contributed by atoms with van der Waals surface area (Å²) in [6.45, 7) is 9.88. The summed E-state index contributed by atoms with van der Waals surface area (Å²) in [5, 5.41) is 6.05. The standard InChI is InChI=1S/C10H23N3O/c1-8(7-12-6-5-11)9(14)13-10(2,3)4/h8,12H,5-7,11H2,1-4H3,(H,13,14). The van der Waals surface area contributed by atoms with Crippen LogP contribution in [0.25, 0.3) is 0 Å². The van der Waals surface area contributed by atoms with Crippen molar-refractivity contribution in [3.8, 4) is 0 Å². The number of hydrogen-bond donors (Lipinski definition) is 3. The molecule has 0 saturated carbocycles. The molecule has 0 aromatic rings. The first-order valence-corrected chi connectivity index (χ1v) is 5.09. The van der Waals surface area contributed by atoms with E-state index in [9.17, 15) is 4.79 Å². The fourth-order valence-corrected chi connectivity index (χ4v) is 1.01. The van der Waals surface area contributed by atoms with Gasteiger partial charge in [0.1, 0.15) is 0 Å². The van der Waals surface area contributed by atoms with Crippen LogP contribution in [-0.4, -0.2) is 31.1 Å². The molecule has 0 aliphatic rings. The van der Waals surface area contributed by atoms with E-state index in [-0.39, 0.29) is 17.4 Å². The van der Waals surface area contributed by atoms with Crippen molar-refractivity contribution >= 4 is 5.91 Å². The predicted molar refractivity (Wildman–Crippen MR) is 59.0 cm³/mol. The van der Waals surface area contributed by atoms with Crippen molar-refractivity contribution in [1.29, 1.82) is 0 Å². The Hall–Kier alpha value is -0.610. The van der Waals surface area contributed by atoms with Crippen molar-refractivity contribution in [2.45, 2.75) is 33.2 Å². The second-order valence-electron chi connectivity index (χ2n) is 4.63. The summed E-state index contributed by atoms with van der Waals surface area (Å²) in [5.74, 6) is 0.0720. The number of amides is 1. The molecule has 0 spiro atoms. The molecule has 1 atom stereocenters. The highest BCUT2D eigenvalue weighted by Crippen LogP contribution is 2.02. The quantitative estimate of drug-likeness (QED) is 0.552. The second-order valence-corrected chi connectivity index (χ2v) is 4.63. The van der Waals surface area contributed by atoms with E-state index in [0.29, 0.717) is 13.1 Å². The number of nitrogens with two attached hydrogens (primary N) is 1. The molecule has 0 aliphatic heterocycles. The third-order valence-electron chi connectivity index (χ3n) is 1.72. The number of carbonyl (C=O) groups is 1. The van der Waals surface area contributed by atoms with Crippen LogP contribution in [0.4, 0.5) is 0 Å². The van der Waals surface area contributed by atoms with E-state index < -0.39 is 0 Å². The molecule has 0 aromatic carbocycles. The topological polar surface area (TPSA) is 67.1 Å². The zero-order valence-electron chi connectivity index (χ0n) is 9.68. The van der Waals surface area contributed by atoms with Gasteiger partial charge in [0.2, 0.25) is 5.91 Å². The molecule has 1 unspecified atom stereocenters. The van der Waals surface area contributed by atoms with Gasteiger partial charge < -0.3 is 16.4 Å². The number of nitrogens with one attached hydrogen (secondary N) is 2. The van der Waals surface area contributed by atoms with Gasteiger partial charge in [0.05, 0.1) is 0 Å². The summed E-state index contributed by atoms with van der Waals surface area (Å²) in [6.07, 6.45) is 0. The van der Waals surface area contributed by atoms with Crippen molar-refractivity contribution in [2.75, 3.05) is 19.6 Å². The van der Waals surface area contributed by atoms with Crippen molar-refractivity contribution in [3.05, 3.63) is 0 Å². The Morgan fingerprint density at radius 1 is 1.43 bits per heavy atom. The molecular weight excluding hydrogens is 178 g/mol. The van der Waals surface area contributed by atoms with Crippen LogP contribution >= 0.6 is 0 Å². The summed E-state index contributed by atoms with van der Waals surface area (Å²) in [6, 6.07) is 0. The fourth-order valence-electron chi connectivity index (χ4n) is 1.01. The Labute approximate surface area is 86.6 Å². The first-order valence-electron chi connectivity index (χ1n) is 5.09. The molecule has 4 N–H and O–H groups in total. The highest BCUT2D eigenvalue weighted by atomic mass is 16.2. The van der Waals surface area contributed by atoms with Crippen LogP contribution in [0.3, 0.4) is 0 Å². The second kappa shape index (κ2) is 5.98. The van der Waals surface area contributed by atoms with E-state index >= 15 is 0 Å². The Bertz CT molecular complexity index is 175. The van der Waals surface area contributed by atoms with Crippen LogP contribution in [0.5, 0.6) is 0 Å². The highest BCUT2D eigenvalue weighted by Gasteiger charge is 2.18. The van der Waals surface area contributed by atoms with Gasteiger partial charge in [0, 0.05) is 31.1 Å².